The summed E-state index contributed by atoms with van der Waals surface area (Å²) in [5.41, 5.74) is 0.265. The number of hydrogen-bond acceptors (Lipinski definition) is 7. The van der Waals surface area contributed by atoms with Gasteiger partial charge in [0, 0.05) is 16.1 Å². The Morgan fingerprint density at radius 1 is 1.24 bits per heavy atom. The number of nitro benzene ring substituents is 1. The Kier molecular flexibility index (Phi) is 4.85. The number of benzene rings is 2. The van der Waals surface area contributed by atoms with Crippen molar-refractivity contribution >= 4 is 27.6 Å². The van der Waals surface area contributed by atoms with Crippen molar-refractivity contribution in [3.05, 3.63) is 74.6 Å². The number of aromatic nitrogens is 2. The zero-order chi connectivity index (χ0) is 17.8. The summed E-state index contributed by atoms with van der Waals surface area (Å²) in [6, 6.07) is 12.8. The molecule has 2 aromatic carbocycles. The number of nitrogens with zero attached hydrogens (tertiary/aromatic N) is 3. The van der Waals surface area contributed by atoms with Crippen LogP contribution in [0, 0.1) is 10.1 Å². The molecular formula is C16H10BrN3O5. The van der Waals surface area contributed by atoms with Crippen LogP contribution in [0.3, 0.4) is 0 Å². The van der Waals surface area contributed by atoms with E-state index in [9.17, 15) is 14.9 Å². The highest BCUT2D eigenvalue weighted by Crippen LogP contribution is 2.21. The van der Waals surface area contributed by atoms with Crippen LogP contribution in [0.4, 0.5) is 5.69 Å². The molecule has 0 amide bonds. The minimum absolute atomic E-state index is 0.0851. The maximum absolute atomic E-state index is 12.0. The molecule has 3 aromatic rings. The van der Waals surface area contributed by atoms with Crippen molar-refractivity contribution in [3.63, 3.8) is 0 Å². The number of carbonyl (C=O) groups is 1. The molecule has 0 fully saturated rings. The zero-order valence-electron chi connectivity index (χ0n) is 12.6. The fourth-order valence-electron chi connectivity index (χ4n) is 2.07. The number of nitro groups is 1. The molecule has 0 aliphatic rings. The van der Waals surface area contributed by atoms with Gasteiger partial charge >= 0.3 is 5.97 Å². The third kappa shape index (κ3) is 3.89. The highest BCUT2D eigenvalue weighted by molar-refractivity contribution is 9.10. The van der Waals surface area contributed by atoms with E-state index in [0.717, 1.165) is 10.0 Å². The highest BCUT2D eigenvalue weighted by atomic mass is 79.9. The van der Waals surface area contributed by atoms with Crippen molar-refractivity contribution in [2.75, 3.05) is 0 Å². The van der Waals surface area contributed by atoms with E-state index in [0.29, 0.717) is 5.82 Å². The number of halogens is 1. The van der Waals surface area contributed by atoms with E-state index in [1.807, 2.05) is 18.2 Å². The number of ether oxygens (including phenoxy) is 1. The van der Waals surface area contributed by atoms with Crippen LogP contribution in [0.1, 0.15) is 16.2 Å². The van der Waals surface area contributed by atoms with Crippen molar-refractivity contribution < 1.29 is 19.0 Å². The van der Waals surface area contributed by atoms with Crippen molar-refractivity contribution in [2.24, 2.45) is 0 Å². The number of rotatable bonds is 5. The van der Waals surface area contributed by atoms with Crippen LogP contribution < -0.4 is 0 Å². The first-order valence-electron chi connectivity index (χ1n) is 7.03. The quantitative estimate of drug-likeness (QED) is 0.362. The molecule has 1 aromatic heterocycles. The molecule has 0 atom stereocenters. The lowest BCUT2D eigenvalue weighted by atomic mass is 10.2. The fraction of sp³-hybridized carbons (Fsp3) is 0.0625. The summed E-state index contributed by atoms with van der Waals surface area (Å²) in [7, 11) is 0. The molecule has 0 unspecified atom stereocenters. The number of para-hydroxylation sites is 1. The van der Waals surface area contributed by atoms with E-state index in [2.05, 4.69) is 26.1 Å². The van der Waals surface area contributed by atoms with Gasteiger partial charge in [-0.05, 0) is 18.2 Å². The Bertz CT molecular complexity index is 941. The molecule has 9 heteroatoms. The lowest BCUT2D eigenvalue weighted by Crippen LogP contribution is -2.08. The van der Waals surface area contributed by atoms with Crippen molar-refractivity contribution in [3.8, 4) is 11.4 Å². The summed E-state index contributed by atoms with van der Waals surface area (Å²) in [6.07, 6.45) is 0. The molecule has 0 saturated carbocycles. The predicted molar refractivity (Wildman–Crippen MR) is 89.6 cm³/mol. The number of carbonyl (C=O) groups excluding carboxylic acids is 1. The molecule has 0 aliphatic carbocycles. The topological polar surface area (TPSA) is 108 Å². The molecule has 8 nitrogen and oxygen atoms in total. The van der Waals surface area contributed by atoms with Crippen LogP contribution in [0.25, 0.3) is 11.4 Å². The first-order valence-corrected chi connectivity index (χ1v) is 7.83. The third-order valence-electron chi connectivity index (χ3n) is 3.20. The molecule has 3 rings (SSSR count). The summed E-state index contributed by atoms with van der Waals surface area (Å²) in [5.74, 6) is -0.408. The molecule has 25 heavy (non-hydrogen) atoms. The second-order valence-corrected chi connectivity index (χ2v) is 5.79. The summed E-state index contributed by atoms with van der Waals surface area (Å²) >= 11 is 3.35. The second-order valence-electron chi connectivity index (χ2n) is 4.87. The van der Waals surface area contributed by atoms with Crippen LogP contribution in [-0.2, 0) is 11.3 Å². The van der Waals surface area contributed by atoms with Crippen molar-refractivity contribution in [1.82, 2.24) is 10.1 Å². The fourth-order valence-corrected chi connectivity index (χ4v) is 2.47. The Hall–Kier alpha value is -3.07. The van der Waals surface area contributed by atoms with Crippen LogP contribution in [0.15, 0.2) is 57.5 Å². The third-order valence-corrected chi connectivity index (χ3v) is 3.69. The Morgan fingerprint density at radius 2 is 2.04 bits per heavy atom. The van der Waals surface area contributed by atoms with E-state index in [-0.39, 0.29) is 23.7 Å². The van der Waals surface area contributed by atoms with E-state index in [4.69, 9.17) is 9.26 Å². The average Bonchev–Trinajstić information content (AvgIpc) is 3.08. The molecule has 0 saturated heterocycles. The van der Waals surface area contributed by atoms with Gasteiger partial charge in [-0.15, -0.1) is 0 Å². The van der Waals surface area contributed by atoms with Gasteiger partial charge in [-0.3, -0.25) is 10.1 Å². The SMILES string of the molecule is O=C(OCc1nc(-c2cccc(Br)c2)no1)c1ccccc1[N+](=O)[O-]. The van der Waals surface area contributed by atoms with Crippen molar-refractivity contribution in [1.29, 1.82) is 0 Å². The van der Waals surface area contributed by atoms with E-state index in [1.54, 1.807) is 6.07 Å². The molecule has 0 N–H and O–H groups in total. The molecular weight excluding hydrogens is 394 g/mol. The second kappa shape index (κ2) is 7.22. The van der Waals surface area contributed by atoms with Gasteiger partial charge < -0.3 is 9.26 Å². The lowest BCUT2D eigenvalue weighted by Gasteiger charge is -2.02. The number of esters is 1. The summed E-state index contributed by atoms with van der Waals surface area (Å²) < 4.78 is 10.9. The maximum atomic E-state index is 12.0. The van der Waals surface area contributed by atoms with Gasteiger partial charge in [0.05, 0.1) is 4.92 Å². The molecule has 0 radical (unpaired) electrons. The minimum Gasteiger partial charge on any atom is -0.452 e. The zero-order valence-corrected chi connectivity index (χ0v) is 14.2. The summed E-state index contributed by atoms with van der Waals surface area (Å²) in [5, 5.41) is 14.8. The lowest BCUT2D eigenvalue weighted by molar-refractivity contribution is -0.385. The van der Waals surface area contributed by atoms with Crippen LogP contribution in [0.5, 0.6) is 0 Å². The van der Waals surface area contributed by atoms with Gasteiger partial charge in [-0.1, -0.05) is 45.4 Å². The van der Waals surface area contributed by atoms with Crippen LogP contribution >= 0.6 is 15.9 Å². The van der Waals surface area contributed by atoms with Gasteiger partial charge in [0.25, 0.3) is 11.6 Å². The molecule has 0 aliphatic heterocycles. The Balaban J connectivity index is 1.71. The molecule has 0 spiro atoms. The van der Waals surface area contributed by atoms with Gasteiger partial charge in [0.1, 0.15) is 5.56 Å². The largest absolute Gasteiger partial charge is 0.452 e. The van der Waals surface area contributed by atoms with Gasteiger partial charge in [-0.2, -0.15) is 4.98 Å². The summed E-state index contributed by atoms with van der Waals surface area (Å²) in [6.45, 7) is -0.286. The van der Waals surface area contributed by atoms with Crippen LogP contribution in [0.2, 0.25) is 0 Å². The predicted octanol–water partition coefficient (Wildman–Crippen LogP) is 3.76. The highest BCUT2D eigenvalue weighted by Gasteiger charge is 2.21. The average molecular weight is 404 g/mol. The van der Waals surface area contributed by atoms with Crippen LogP contribution in [-0.4, -0.2) is 21.0 Å². The van der Waals surface area contributed by atoms with Crippen molar-refractivity contribution in [2.45, 2.75) is 6.61 Å². The summed E-state index contributed by atoms with van der Waals surface area (Å²) in [4.78, 5) is 26.5. The Morgan fingerprint density at radius 3 is 2.80 bits per heavy atom. The smallest absolute Gasteiger partial charge is 0.345 e. The van der Waals surface area contributed by atoms with Gasteiger partial charge in [0.15, 0.2) is 6.61 Å². The first kappa shape index (κ1) is 16.8. The first-order chi connectivity index (χ1) is 12.0. The number of hydrogen-bond donors (Lipinski definition) is 0. The van der Waals surface area contributed by atoms with E-state index in [1.165, 1.54) is 24.3 Å². The minimum atomic E-state index is -0.838. The maximum Gasteiger partial charge on any atom is 0.345 e. The van der Waals surface area contributed by atoms with Gasteiger partial charge in [-0.25, -0.2) is 4.79 Å². The Labute approximate surface area is 149 Å². The molecule has 1 heterocycles. The van der Waals surface area contributed by atoms with E-state index >= 15 is 0 Å². The molecule has 126 valence electrons. The normalized spacial score (nSPS) is 10.4. The van der Waals surface area contributed by atoms with Gasteiger partial charge in [0.2, 0.25) is 5.82 Å². The molecule has 0 bridgehead atoms. The van der Waals surface area contributed by atoms with E-state index < -0.39 is 10.9 Å². The monoisotopic (exact) mass is 403 g/mol. The standard InChI is InChI=1S/C16H10BrN3O5/c17-11-5-3-4-10(8-11)15-18-14(25-19-15)9-24-16(21)12-6-1-2-7-13(12)20(22)23/h1-8H,9H2.